The number of sulfonamides is 1. The first-order chi connectivity index (χ1) is 12.0. The summed E-state index contributed by atoms with van der Waals surface area (Å²) in [4.78, 5) is 15.7. The van der Waals surface area contributed by atoms with E-state index in [0.717, 1.165) is 4.68 Å². The van der Waals surface area contributed by atoms with Crippen LogP contribution in [-0.4, -0.2) is 39.5 Å². The highest BCUT2D eigenvalue weighted by Crippen LogP contribution is 2.14. The molecule has 0 atom stereocenters. The standard InChI is InChI=1S/C14H13ClN6O3S/c15-11-2-1-3-12(8-11)25(23,24)18-6-7-20-14(22)5-4-13(19-20)21-10-16-9-17-21/h1-5,8-10,18H,6-7H2. The third-order valence-electron chi connectivity index (χ3n) is 3.23. The quantitative estimate of drug-likeness (QED) is 0.664. The van der Waals surface area contributed by atoms with Gasteiger partial charge in [-0.2, -0.15) is 5.10 Å². The van der Waals surface area contributed by atoms with Gasteiger partial charge in [-0.15, -0.1) is 5.10 Å². The van der Waals surface area contributed by atoms with E-state index in [2.05, 4.69) is 19.9 Å². The van der Waals surface area contributed by atoms with Crippen molar-refractivity contribution in [3.8, 4) is 5.82 Å². The second kappa shape index (κ2) is 7.13. The lowest BCUT2D eigenvalue weighted by Gasteiger charge is -2.09. The van der Waals surface area contributed by atoms with Gasteiger partial charge >= 0.3 is 0 Å². The molecule has 0 aliphatic carbocycles. The van der Waals surface area contributed by atoms with E-state index in [4.69, 9.17) is 11.6 Å². The van der Waals surface area contributed by atoms with Crippen LogP contribution in [-0.2, 0) is 16.6 Å². The van der Waals surface area contributed by atoms with Crippen molar-refractivity contribution < 1.29 is 8.42 Å². The molecule has 11 heteroatoms. The maximum Gasteiger partial charge on any atom is 0.266 e. The minimum atomic E-state index is -3.72. The third kappa shape index (κ3) is 4.10. The Morgan fingerprint density at radius 1 is 1.20 bits per heavy atom. The molecule has 3 aromatic rings. The first-order valence-electron chi connectivity index (χ1n) is 7.14. The van der Waals surface area contributed by atoms with Crippen LogP contribution in [0.5, 0.6) is 0 Å². The molecule has 0 bridgehead atoms. The van der Waals surface area contributed by atoms with Gasteiger partial charge < -0.3 is 0 Å². The number of nitrogens with zero attached hydrogens (tertiary/aromatic N) is 5. The maximum absolute atomic E-state index is 12.2. The lowest BCUT2D eigenvalue weighted by molar-refractivity contribution is 0.542. The van der Waals surface area contributed by atoms with Crippen LogP contribution in [0.25, 0.3) is 5.82 Å². The molecule has 0 spiro atoms. The fraction of sp³-hybridized carbons (Fsp3) is 0.143. The number of nitrogens with one attached hydrogen (secondary N) is 1. The molecule has 0 aliphatic rings. The van der Waals surface area contributed by atoms with Gasteiger partial charge in [0.25, 0.3) is 5.56 Å². The molecule has 0 fully saturated rings. The SMILES string of the molecule is O=c1ccc(-n2cncn2)nn1CCNS(=O)(=O)c1cccc(Cl)c1. The van der Waals surface area contributed by atoms with Gasteiger partial charge in [0, 0.05) is 17.6 Å². The van der Waals surface area contributed by atoms with E-state index in [0.29, 0.717) is 10.8 Å². The largest absolute Gasteiger partial charge is 0.268 e. The molecule has 25 heavy (non-hydrogen) atoms. The monoisotopic (exact) mass is 380 g/mol. The molecule has 130 valence electrons. The third-order valence-corrected chi connectivity index (χ3v) is 4.92. The Morgan fingerprint density at radius 3 is 2.76 bits per heavy atom. The normalized spacial score (nSPS) is 11.6. The number of hydrogen-bond acceptors (Lipinski definition) is 6. The molecule has 2 heterocycles. The minimum Gasteiger partial charge on any atom is -0.268 e. The molecule has 0 saturated heterocycles. The first-order valence-corrected chi connectivity index (χ1v) is 9.00. The van der Waals surface area contributed by atoms with Crippen LogP contribution in [0.15, 0.2) is 58.7 Å². The van der Waals surface area contributed by atoms with Crippen molar-refractivity contribution >= 4 is 21.6 Å². The van der Waals surface area contributed by atoms with E-state index in [9.17, 15) is 13.2 Å². The summed E-state index contributed by atoms with van der Waals surface area (Å²) in [7, 11) is -3.72. The van der Waals surface area contributed by atoms with Crippen LogP contribution in [0.2, 0.25) is 5.02 Å². The Hall–Kier alpha value is -2.56. The Balaban J connectivity index is 1.72. The molecule has 1 N–H and O–H groups in total. The predicted octanol–water partition coefficient (Wildman–Crippen LogP) is 0.456. The second-order valence-corrected chi connectivity index (χ2v) is 7.15. The molecule has 0 aliphatic heterocycles. The highest BCUT2D eigenvalue weighted by atomic mass is 35.5. The maximum atomic E-state index is 12.2. The van der Waals surface area contributed by atoms with E-state index >= 15 is 0 Å². The van der Waals surface area contributed by atoms with E-state index in [1.54, 1.807) is 12.1 Å². The zero-order valence-electron chi connectivity index (χ0n) is 12.8. The minimum absolute atomic E-state index is 0.0113. The molecule has 9 nitrogen and oxygen atoms in total. The topological polar surface area (TPSA) is 112 Å². The zero-order chi connectivity index (χ0) is 17.9. The van der Waals surface area contributed by atoms with Gasteiger partial charge in [-0.05, 0) is 24.3 Å². The molecule has 0 radical (unpaired) electrons. The highest BCUT2D eigenvalue weighted by molar-refractivity contribution is 7.89. The van der Waals surface area contributed by atoms with E-state index in [1.165, 1.54) is 41.6 Å². The van der Waals surface area contributed by atoms with Crippen LogP contribution < -0.4 is 10.3 Å². The van der Waals surface area contributed by atoms with Crippen LogP contribution in [0.1, 0.15) is 0 Å². The number of rotatable bonds is 6. The predicted molar refractivity (Wildman–Crippen MR) is 90.1 cm³/mol. The average molecular weight is 381 g/mol. The Kier molecular flexibility index (Phi) is 4.93. The summed E-state index contributed by atoms with van der Waals surface area (Å²) in [5.74, 6) is 0.398. The summed E-state index contributed by atoms with van der Waals surface area (Å²) in [6, 6.07) is 8.74. The van der Waals surface area contributed by atoms with Crippen LogP contribution >= 0.6 is 11.6 Å². The molecule has 0 saturated carbocycles. The fourth-order valence-electron chi connectivity index (χ4n) is 2.05. The van der Waals surface area contributed by atoms with Gasteiger partial charge in [0.2, 0.25) is 10.0 Å². The molecule has 3 rings (SSSR count). The van der Waals surface area contributed by atoms with Crippen molar-refractivity contribution in [2.45, 2.75) is 11.4 Å². The zero-order valence-corrected chi connectivity index (χ0v) is 14.4. The van der Waals surface area contributed by atoms with Crippen molar-refractivity contribution in [1.29, 1.82) is 0 Å². The van der Waals surface area contributed by atoms with Gasteiger partial charge in [0.1, 0.15) is 12.7 Å². The number of halogens is 1. The summed E-state index contributed by atoms with van der Waals surface area (Å²) in [6.45, 7) is 0.0454. The van der Waals surface area contributed by atoms with Crippen molar-refractivity contribution in [3.63, 3.8) is 0 Å². The van der Waals surface area contributed by atoms with Gasteiger partial charge in [0.15, 0.2) is 5.82 Å². The fourth-order valence-corrected chi connectivity index (χ4v) is 3.37. The van der Waals surface area contributed by atoms with Crippen molar-refractivity contribution in [1.82, 2.24) is 29.3 Å². The number of benzene rings is 1. The van der Waals surface area contributed by atoms with Crippen LogP contribution in [0, 0.1) is 0 Å². The summed E-state index contributed by atoms with van der Waals surface area (Å²) in [5.41, 5.74) is -0.356. The van der Waals surface area contributed by atoms with E-state index in [-0.39, 0.29) is 23.5 Å². The summed E-state index contributed by atoms with van der Waals surface area (Å²) in [6.07, 6.45) is 2.79. The molecule has 1 aromatic carbocycles. The molecule has 0 amide bonds. The van der Waals surface area contributed by atoms with Crippen LogP contribution in [0.3, 0.4) is 0 Å². The Bertz CT molecular complexity index is 1030. The molecule has 0 unspecified atom stereocenters. The van der Waals surface area contributed by atoms with Crippen molar-refractivity contribution in [2.24, 2.45) is 0 Å². The number of hydrogen-bond donors (Lipinski definition) is 1. The van der Waals surface area contributed by atoms with Crippen molar-refractivity contribution in [3.05, 3.63) is 64.4 Å². The van der Waals surface area contributed by atoms with Gasteiger partial charge in [-0.3, -0.25) is 4.79 Å². The first kappa shape index (κ1) is 17.3. The van der Waals surface area contributed by atoms with E-state index in [1.807, 2.05) is 0 Å². The molecule has 2 aromatic heterocycles. The summed E-state index contributed by atoms with van der Waals surface area (Å²) < 4.78 is 29.4. The van der Waals surface area contributed by atoms with Gasteiger partial charge in [-0.25, -0.2) is 27.5 Å². The number of aromatic nitrogens is 5. The van der Waals surface area contributed by atoms with Crippen LogP contribution in [0.4, 0.5) is 0 Å². The highest BCUT2D eigenvalue weighted by Gasteiger charge is 2.14. The lowest BCUT2D eigenvalue weighted by atomic mass is 10.4. The summed E-state index contributed by atoms with van der Waals surface area (Å²) >= 11 is 5.81. The Morgan fingerprint density at radius 2 is 2.04 bits per heavy atom. The summed E-state index contributed by atoms with van der Waals surface area (Å²) in [5, 5.41) is 8.38. The van der Waals surface area contributed by atoms with E-state index < -0.39 is 10.0 Å². The van der Waals surface area contributed by atoms with Gasteiger partial charge in [0.05, 0.1) is 11.4 Å². The lowest BCUT2D eigenvalue weighted by Crippen LogP contribution is -2.32. The van der Waals surface area contributed by atoms with Gasteiger partial charge in [-0.1, -0.05) is 17.7 Å². The van der Waals surface area contributed by atoms with Crippen molar-refractivity contribution in [2.75, 3.05) is 6.54 Å². The Labute approximate surface area is 147 Å². The second-order valence-electron chi connectivity index (χ2n) is 4.95. The molecular formula is C14H13ClN6O3S. The average Bonchev–Trinajstić information content (AvgIpc) is 3.11. The molecular weight excluding hydrogens is 368 g/mol. The smallest absolute Gasteiger partial charge is 0.266 e.